The average molecular weight is 487 g/mol. The summed E-state index contributed by atoms with van der Waals surface area (Å²) in [7, 11) is 1.39. The van der Waals surface area contributed by atoms with Gasteiger partial charge in [0, 0.05) is 29.4 Å². The van der Waals surface area contributed by atoms with Crippen LogP contribution < -0.4 is 24.8 Å². The third-order valence-corrected chi connectivity index (χ3v) is 6.44. The van der Waals surface area contributed by atoms with Crippen molar-refractivity contribution in [2.75, 3.05) is 20.3 Å². The van der Waals surface area contributed by atoms with Crippen LogP contribution >= 0.6 is 0 Å². The van der Waals surface area contributed by atoms with E-state index in [1.54, 1.807) is 12.3 Å². The Bertz CT molecular complexity index is 1240. The summed E-state index contributed by atoms with van der Waals surface area (Å²) in [5, 5.41) is 6.27. The SMILES string of the molecule is COc1cc(-c2cnc3cc(OCC4(C)CCCN4)ccn23)cc(OC(F)F)c1C(=O)NC1CC1. The Morgan fingerprint density at radius 1 is 1.31 bits per heavy atom. The molecule has 1 atom stereocenters. The molecule has 8 nitrogen and oxygen atoms in total. The van der Waals surface area contributed by atoms with Crippen LogP contribution in [-0.4, -0.2) is 53.7 Å². The molecule has 1 saturated heterocycles. The normalized spacial score (nSPS) is 19.8. The summed E-state index contributed by atoms with van der Waals surface area (Å²) >= 11 is 0. The van der Waals surface area contributed by atoms with Crippen LogP contribution in [0.3, 0.4) is 0 Å². The molecule has 1 saturated carbocycles. The number of imidazole rings is 1. The number of carbonyl (C=O) groups excluding carboxylic acids is 1. The van der Waals surface area contributed by atoms with Gasteiger partial charge in [0.05, 0.1) is 19.0 Å². The molecule has 3 heterocycles. The van der Waals surface area contributed by atoms with Gasteiger partial charge in [-0.3, -0.25) is 9.20 Å². The zero-order valence-corrected chi connectivity index (χ0v) is 19.6. The predicted octanol–water partition coefficient (Wildman–Crippen LogP) is 4.02. The standard InChI is InChI=1S/C25H28F2N4O4/c1-25(7-3-8-29-25)14-34-17-6-9-31-18(13-28-21(31)12-17)15-10-19(33-2)22(20(11-15)35-24(26)27)23(32)30-16-4-5-16/h6,9-13,16,24,29H,3-5,7-8,14H2,1-2H3,(H,30,32). The van der Waals surface area contributed by atoms with Gasteiger partial charge in [0.25, 0.3) is 5.91 Å². The number of methoxy groups -OCH3 is 1. The summed E-state index contributed by atoms with van der Waals surface area (Å²) in [5.74, 6) is 0.0797. The Hall–Kier alpha value is -3.40. The number of alkyl halides is 2. The maximum Gasteiger partial charge on any atom is 0.387 e. The van der Waals surface area contributed by atoms with Crippen LogP contribution in [0.4, 0.5) is 8.78 Å². The Morgan fingerprint density at radius 2 is 2.11 bits per heavy atom. The van der Waals surface area contributed by atoms with Crippen molar-refractivity contribution in [3.05, 3.63) is 42.2 Å². The molecule has 0 spiro atoms. The minimum atomic E-state index is -3.10. The van der Waals surface area contributed by atoms with E-state index >= 15 is 0 Å². The summed E-state index contributed by atoms with van der Waals surface area (Å²) in [6.07, 6.45) is 7.35. The monoisotopic (exact) mass is 486 g/mol. The van der Waals surface area contributed by atoms with Crippen LogP contribution in [0.1, 0.15) is 43.0 Å². The molecule has 1 unspecified atom stereocenters. The summed E-state index contributed by atoms with van der Waals surface area (Å²) in [6.45, 7) is 0.588. The number of hydrogen-bond acceptors (Lipinski definition) is 6. The molecular weight excluding hydrogens is 458 g/mol. The largest absolute Gasteiger partial charge is 0.496 e. The third-order valence-electron chi connectivity index (χ3n) is 6.44. The topological polar surface area (TPSA) is 86.1 Å². The van der Waals surface area contributed by atoms with Crippen molar-refractivity contribution in [2.24, 2.45) is 0 Å². The molecule has 1 amide bonds. The number of fused-ring (bicyclic) bond motifs is 1. The van der Waals surface area contributed by atoms with E-state index in [9.17, 15) is 13.6 Å². The number of nitrogens with one attached hydrogen (secondary N) is 2. The average Bonchev–Trinajstić information content (AvgIpc) is 3.37. The Balaban J connectivity index is 1.46. The second-order valence-electron chi connectivity index (χ2n) is 9.29. The van der Waals surface area contributed by atoms with Crippen LogP contribution in [0.2, 0.25) is 0 Å². The Kier molecular flexibility index (Phi) is 6.22. The molecule has 186 valence electrons. The van der Waals surface area contributed by atoms with E-state index in [4.69, 9.17) is 14.2 Å². The van der Waals surface area contributed by atoms with Gasteiger partial charge >= 0.3 is 6.61 Å². The number of hydrogen-bond donors (Lipinski definition) is 2. The highest BCUT2D eigenvalue weighted by Crippen LogP contribution is 2.37. The van der Waals surface area contributed by atoms with Gasteiger partial charge in [0.1, 0.15) is 35.1 Å². The maximum atomic E-state index is 13.2. The first-order valence-corrected chi connectivity index (χ1v) is 11.7. The molecule has 0 radical (unpaired) electrons. The highest BCUT2D eigenvalue weighted by atomic mass is 19.3. The van der Waals surface area contributed by atoms with Crippen LogP contribution in [0, 0.1) is 0 Å². The van der Waals surface area contributed by atoms with Crippen LogP contribution in [-0.2, 0) is 0 Å². The Labute approximate surface area is 201 Å². The van der Waals surface area contributed by atoms with E-state index in [0.717, 1.165) is 32.2 Å². The van der Waals surface area contributed by atoms with Crippen molar-refractivity contribution in [2.45, 2.75) is 50.8 Å². The lowest BCUT2D eigenvalue weighted by molar-refractivity contribution is -0.0502. The Morgan fingerprint density at radius 3 is 2.80 bits per heavy atom. The number of ether oxygens (including phenoxy) is 3. The van der Waals surface area contributed by atoms with Crippen molar-refractivity contribution < 1.29 is 27.8 Å². The first-order chi connectivity index (χ1) is 16.8. The van der Waals surface area contributed by atoms with Crippen molar-refractivity contribution in [1.82, 2.24) is 20.0 Å². The number of benzene rings is 1. The number of carbonyl (C=O) groups is 1. The molecule has 2 aliphatic rings. The van der Waals surface area contributed by atoms with E-state index in [0.29, 0.717) is 29.3 Å². The van der Waals surface area contributed by atoms with Crippen molar-refractivity contribution in [3.63, 3.8) is 0 Å². The van der Waals surface area contributed by atoms with Crippen LogP contribution in [0.15, 0.2) is 36.7 Å². The van der Waals surface area contributed by atoms with Gasteiger partial charge in [-0.25, -0.2) is 4.98 Å². The first-order valence-electron chi connectivity index (χ1n) is 11.7. The van der Waals surface area contributed by atoms with Gasteiger partial charge in [-0.2, -0.15) is 8.78 Å². The fourth-order valence-electron chi connectivity index (χ4n) is 4.38. The fraction of sp³-hybridized carbons (Fsp3) is 0.440. The van der Waals surface area contributed by atoms with Gasteiger partial charge < -0.3 is 24.8 Å². The second kappa shape index (κ2) is 9.33. The second-order valence-corrected chi connectivity index (χ2v) is 9.29. The molecular formula is C25H28F2N4O4. The zero-order valence-electron chi connectivity index (χ0n) is 19.6. The predicted molar refractivity (Wildman–Crippen MR) is 125 cm³/mol. The molecule has 3 aromatic rings. The van der Waals surface area contributed by atoms with Gasteiger partial charge in [-0.1, -0.05) is 0 Å². The van der Waals surface area contributed by atoms with Gasteiger partial charge in [-0.05, 0) is 57.4 Å². The van der Waals surface area contributed by atoms with Crippen LogP contribution in [0.5, 0.6) is 17.2 Å². The summed E-state index contributed by atoms with van der Waals surface area (Å²) in [4.78, 5) is 17.2. The molecule has 2 fully saturated rings. The van der Waals surface area contributed by atoms with E-state index in [1.165, 1.54) is 13.2 Å². The molecule has 10 heteroatoms. The molecule has 1 aliphatic carbocycles. The van der Waals surface area contributed by atoms with Gasteiger partial charge in [-0.15, -0.1) is 0 Å². The lowest BCUT2D eigenvalue weighted by Gasteiger charge is -2.24. The lowest BCUT2D eigenvalue weighted by atomic mass is 10.0. The maximum absolute atomic E-state index is 13.2. The van der Waals surface area contributed by atoms with Crippen LogP contribution in [0.25, 0.3) is 16.9 Å². The van der Waals surface area contributed by atoms with Crippen molar-refractivity contribution >= 4 is 11.6 Å². The van der Waals surface area contributed by atoms with E-state index < -0.39 is 12.5 Å². The van der Waals surface area contributed by atoms with Gasteiger partial charge in [0.2, 0.25) is 0 Å². The number of rotatable bonds is 9. The molecule has 5 rings (SSSR count). The number of pyridine rings is 1. The molecule has 35 heavy (non-hydrogen) atoms. The smallest absolute Gasteiger partial charge is 0.387 e. The molecule has 2 aromatic heterocycles. The molecule has 1 aliphatic heterocycles. The highest BCUT2D eigenvalue weighted by molar-refractivity contribution is 6.01. The number of halogens is 2. The summed E-state index contributed by atoms with van der Waals surface area (Å²) in [5.41, 5.74) is 1.68. The number of aromatic nitrogens is 2. The summed E-state index contributed by atoms with van der Waals surface area (Å²) < 4.78 is 44.4. The van der Waals surface area contributed by atoms with Crippen molar-refractivity contribution in [3.8, 4) is 28.5 Å². The summed E-state index contributed by atoms with van der Waals surface area (Å²) in [6, 6.07) is 6.75. The van der Waals surface area contributed by atoms with E-state index in [2.05, 4.69) is 22.5 Å². The third kappa shape index (κ3) is 5.02. The number of nitrogens with zero attached hydrogens (tertiary/aromatic N) is 2. The fourth-order valence-corrected chi connectivity index (χ4v) is 4.38. The quantitative estimate of drug-likeness (QED) is 0.475. The zero-order chi connectivity index (χ0) is 24.6. The van der Waals surface area contributed by atoms with E-state index in [1.807, 2.05) is 22.7 Å². The number of amides is 1. The van der Waals surface area contributed by atoms with Crippen molar-refractivity contribution in [1.29, 1.82) is 0 Å². The molecule has 1 aromatic carbocycles. The highest BCUT2D eigenvalue weighted by Gasteiger charge is 2.30. The lowest BCUT2D eigenvalue weighted by Crippen LogP contribution is -2.42. The molecule has 2 N–H and O–H groups in total. The first kappa shape index (κ1) is 23.3. The molecule has 0 bridgehead atoms. The minimum absolute atomic E-state index is 0.0437. The van der Waals surface area contributed by atoms with Gasteiger partial charge in [0.15, 0.2) is 0 Å². The minimum Gasteiger partial charge on any atom is -0.496 e. The van der Waals surface area contributed by atoms with E-state index in [-0.39, 0.29) is 28.6 Å².